The quantitative estimate of drug-likeness (QED) is 0.200. The fourth-order valence-corrected chi connectivity index (χ4v) is 7.44. The number of benzene rings is 5. The third-order valence-corrected chi connectivity index (χ3v) is 9.29. The zero-order valence-corrected chi connectivity index (χ0v) is 24.5. The predicted molar refractivity (Wildman–Crippen MR) is 178 cm³/mol. The normalized spacial score (nSPS) is 15.8. The van der Waals surface area contributed by atoms with E-state index in [1.54, 1.807) is 12.4 Å². The van der Waals surface area contributed by atoms with E-state index in [2.05, 4.69) is 112 Å². The van der Waals surface area contributed by atoms with E-state index in [0.717, 1.165) is 78.4 Å². The molecule has 0 radical (unpaired) electrons. The molecule has 2 aliphatic heterocycles. The van der Waals surface area contributed by atoms with Gasteiger partial charge in [-0.3, -0.25) is 4.57 Å². The Balaban J connectivity index is 1.27. The Bertz CT molecular complexity index is 2440. The second-order valence-electron chi connectivity index (χ2n) is 11.6. The summed E-state index contributed by atoms with van der Waals surface area (Å²) in [7, 11) is 0. The number of nitrogens with zero attached hydrogens (tertiary/aromatic N) is 4. The summed E-state index contributed by atoms with van der Waals surface area (Å²) < 4.78 is 15.7. The molecule has 0 fully saturated rings. The van der Waals surface area contributed by atoms with Crippen molar-refractivity contribution in [2.45, 2.75) is 5.41 Å². The topological polar surface area (TPSA) is 62.1 Å². The highest BCUT2D eigenvalue weighted by Crippen LogP contribution is 2.61. The highest BCUT2D eigenvalue weighted by atomic mass is 16.5. The van der Waals surface area contributed by atoms with Crippen molar-refractivity contribution in [2.24, 2.45) is 0 Å². The van der Waals surface area contributed by atoms with E-state index in [-0.39, 0.29) is 0 Å². The Morgan fingerprint density at radius 2 is 1.09 bits per heavy atom. The number of rotatable bonds is 2. The van der Waals surface area contributed by atoms with E-state index in [1.165, 1.54) is 0 Å². The van der Waals surface area contributed by atoms with Crippen molar-refractivity contribution < 1.29 is 9.47 Å². The second kappa shape index (κ2) is 9.36. The summed E-state index contributed by atoms with van der Waals surface area (Å²) in [5.41, 5.74) is 7.40. The average Bonchev–Trinajstić information content (AvgIpc) is 3.46. The molecular weight excluding hydrogens is 568 g/mol. The highest BCUT2D eigenvalue weighted by Gasteiger charge is 2.50. The van der Waals surface area contributed by atoms with Gasteiger partial charge in [0.2, 0.25) is 0 Å². The molecule has 5 heterocycles. The van der Waals surface area contributed by atoms with Gasteiger partial charge in [-0.25, -0.2) is 15.0 Å². The van der Waals surface area contributed by atoms with Gasteiger partial charge in [0.1, 0.15) is 28.6 Å². The molecule has 5 aromatic carbocycles. The van der Waals surface area contributed by atoms with Gasteiger partial charge in [0, 0.05) is 63.2 Å². The van der Waals surface area contributed by atoms with Crippen LogP contribution in [0, 0.1) is 0 Å². The van der Waals surface area contributed by atoms with Crippen LogP contribution in [0.2, 0.25) is 0 Å². The van der Waals surface area contributed by atoms with Crippen molar-refractivity contribution >= 4 is 21.9 Å². The molecule has 0 bridgehead atoms. The molecule has 1 atom stereocenters. The lowest BCUT2D eigenvalue weighted by Gasteiger charge is -2.45. The van der Waals surface area contributed by atoms with Gasteiger partial charge in [-0.05, 0) is 48.5 Å². The lowest BCUT2D eigenvalue weighted by molar-refractivity contribution is 0.399. The van der Waals surface area contributed by atoms with Crippen LogP contribution in [-0.2, 0) is 5.41 Å². The molecule has 2 aliphatic rings. The van der Waals surface area contributed by atoms with Gasteiger partial charge in [0.15, 0.2) is 5.82 Å². The van der Waals surface area contributed by atoms with Crippen LogP contribution >= 0.6 is 0 Å². The van der Waals surface area contributed by atoms with Gasteiger partial charge in [-0.1, -0.05) is 72.8 Å². The molecule has 3 aromatic heterocycles. The van der Waals surface area contributed by atoms with Gasteiger partial charge in [-0.15, -0.1) is 0 Å². The summed E-state index contributed by atoms with van der Waals surface area (Å²) in [6.07, 6.45) is 5.37. The van der Waals surface area contributed by atoms with E-state index in [9.17, 15) is 0 Å². The number of ether oxygens (including phenoxy) is 2. The maximum atomic E-state index is 6.80. The maximum absolute atomic E-state index is 6.80. The number of hydrogen-bond acceptors (Lipinski definition) is 5. The van der Waals surface area contributed by atoms with Crippen molar-refractivity contribution in [3.05, 3.63) is 168 Å². The van der Waals surface area contributed by atoms with E-state index >= 15 is 0 Å². The van der Waals surface area contributed by atoms with Crippen LogP contribution in [0.3, 0.4) is 0 Å². The molecule has 0 saturated heterocycles. The van der Waals surface area contributed by atoms with Crippen LogP contribution in [0.15, 0.2) is 146 Å². The van der Waals surface area contributed by atoms with E-state index in [1.807, 2.05) is 36.5 Å². The molecule has 10 rings (SSSR count). The first-order valence-corrected chi connectivity index (χ1v) is 15.3. The SMILES string of the molecule is c1cnc(-c2ccc3c(c2)Oc2ccccc2C32c3ccccc3Oc3cc(-n4c5ccccc5c5cccnc54)ccc32)nc1. The lowest BCUT2D eigenvalue weighted by atomic mass is 9.62. The maximum Gasteiger partial charge on any atom is 0.159 e. The van der Waals surface area contributed by atoms with Gasteiger partial charge in [0.05, 0.1) is 16.6 Å². The third-order valence-electron chi connectivity index (χ3n) is 9.29. The zero-order valence-electron chi connectivity index (χ0n) is 24.5. The standard InChI is InChI=1S/C40H24N4O2/c1-4-13-33-27(9-1)28-10-7-20-43-39(28)44(33)26-17-19-32-37(24-26)46-35-15-6-3-12-30(35)40(32)29-11-2-5-14-34(29)45-36-23-25(16-18-31(36)40)38-41-21-8-22-42-38/h1-24H. The predicted octanol–water partition coefficient (Wildman–Crippen LogP) is 9.23. The number of para-hydroxylation sites is 3. The summed E-state index contributed by atoms with van der Waals surface area (Å²) in [5.74, 6) is 3.82. The third kappa shape index (κ3) is 3.32. The van der Waals surface area contributed by atoms with Crippen LogP contribution in [0.25, 0.3) is 39.0 Å². The van der Waals surface area contributed by atoms with Crippen LogP contribution in [0.4, 0.5) is 0 Å². The Morgan fingerprint density at radius 1 is 0.478 bits per heavy atom. The van der Waals surface area contributed by atoms with Crippen LogP contribution in [0.1, 0.15) is 22.3 Å². The van der Waals surface area contributed by atoms with Crippen LogP contribution in [0.5, 0.6) is 23.0 Å². The summed E-state index contributed by atoms with van der Waals surface area (Å²) in [6.45, 7) is 0. The molecule has 0 aliphatic carbocycles. The molecule has 6 heteroatoms. The molecule has 0 saturated carbocycles. The van der Waals surface area contributed by atoms with Gasteiger partial charge in [-0.2, -0.15) is 0 Å². The van der Waals surface area contributed by atoms with Crippen LogP contribution < -0.4 is 9.47 Å². The molecule has 6 nitrogen and oxygen atoms in total. The first-order chi connectivity index (χ1) is 22.8. The zero-order chi connectivity index (χ0) is 30.2. The largest absolute Gasteiger partial charge is 0.457 e. The van der Waals surface area contributed by atoms with Gasteiger partial charge >= 0.3 is 0 Å². The Labute approximate surface area is 264 Å². The van der Waals surface area contributed by atoms with E-state index < -0.39 is 5.41 Å². The second-order valence-corrected chi connectivity index (χ2v) is 11.6. The average molecular weight is 593 g/mol. The minimum Gasteiger partial charge on any atom is -0.457 e. The molecule has 1 unspecified atom stereocenters. The van der Waals surface area contributed by atoms with Crippen LogP contribution in [-0.4, -0.2) is 19.5 Å². The molecule has 1 spiro atoms. The fourth-order valence-electron chi connectivity index (χ4n) is 7.44. The van der Waals surface area contributed by atoms with Gasteiger partial charge < -0.3 is 9.47 Å². The smallest absolute Gasteiger partial charge is 0.159 e. The first-order valence-electron chi connectivity index (χ1n) is 15.3. The first kappa shape index (κ1) is 25.1. The lowest BCUT2D eigenvalue weighted by Crippen LogP contribution is -2.36. The molecule has 0 amide bonds. The highest BCUT2D eigenvalue weighted by molar-refractivity contribution is 6.07. The summed E-state index contributed by atoms with van der Waals surface area (Å²) in [4.78, 5) is 13.8. The Morgan fingerprint density at radius 3 is 1.87 bits per heavy atom. The van der Waals surface area contributed by atoms with E-state index in [4.69, 9.17) is 14.5 Å². The number of pyridine rings is 1. The molecule has 46 heavy (non-hydrogen) atoms. The van der Waals surface area contributed by atoms with Gasteiger partial charge in [0.25, 0.3) is 0 Å². The van der Waals surface area contributed by atoms with Crippen molar-refractivity contribution in [3.63, 3.8) is 0 Å². The van der Waals surface area contributed by atoms with Crippen molar-refractivity contribution in [2.75, 3.05) is 0 Å². The van der Waals surface area contributed by atoms with E-state index in [0.29, 0.717) is 5.82 Å². The summed E-state index contributed by atoms with van der Waals surface area (Å²) in [6, 6.07) is 43.9. The van der Waals surface area contributed by atoms with Crippen molar-refractivity contribution in [3.8, 4) is 40.1 Å². The molecular formula is C40H24N4O2. The van der Waals surface area contributed by atoms with Crippen molar-refractivity contribution in [1.29, 1.82) is 0 Å². The molecule has 0 N–H and O–H groups in total. The minimum absolute atomic E-state index is 0.652. The monoisotopic (exact) mass is 592 g/mol. The molecule has 8 aromatic rings. The Kier molecular flexibility index (Phi) is 5.11. The Hall–Kier alpha value is -6.27. The van der Waals surface area contributed by atoms with Crippen molar-refractivity contribution in [1.82, 2.24) is 19.5 Å². The number of hydrogen-bond donors (Lipinski definition) is 0. The fraction of sp³-hybridized carbons (Fsp3) is 0.0250. The number of fused-ring (bicyclic) bond motifs is 11. The number of aromatic nitrogens is 4. The minimum atomic E-state index is -0.692. The summed E-state index contributed by atoms with van der Waals surface area (Å²) in [5, 5.41) is 2.28. The summed E-state index contributed by atoms with van der Waals surface area (Å²) >= 11 is 0. The molecule has 216 valence electrons.